The van der Waals surface area contributed by atoms with Gasteiger partial charge >= 0.3 is 0 Å². The van der Waals surface area contributed by atoms with Crippen molar-refractivity contribution in [3.8, 4) is 0 Å². The number of hydrogen-bond acceptors (Lipinski definition) is 4. The first-order chi connectivity index (χ1) is 15.1. The van der Waals surface area contributed by atoms with E-state index in [-0.39, 0.29) is 24.1 Å². The minimum absolute atomic E-state index is 0. The van der Waals surface area contributed by atoms with Gasteiger partial charge in [0.05, 0.1) is 16.6 Å². The number of halogens is 2. The fourth-order valence-corrected chi connectivity index (χ4v) is 4.85. The third-order valence-electron chi connectivity index (χ3n) is 5.63. The first-order valence-electron chi connectivity index (χ1n) is 10.6. The topological polar surface area (TPSA) is 36.4 Å². The van der Waals surface area contributed by atoms with Gasteiger partial charge in [0.1, 0.15) is 5.82 Å². The summed E-state index contributed by atoms with van der Waals surface area (Å²) in [5.41, 5.74) is 1.72. The Kier molecular flexibility index (Phi) is 8.18. The highest BCUT2D eigenvalue weighted by Gasteiger charge is 2.21. The normalized spacial score (nSPS) is 11.1. The van der Waals surface area contributed by atoms with Crippen LogP contribution in [0.3, 0.4) is 0 Å². The van der Waals surface area contributed by atoms with E-state index in [1.807, 2.05) is 24.3 Å². The van der Waals surface area contributed by atoms with Gasteiger partial charge < -0.3 is 4.90 Å². The number of carbonyl (C=O) groups excluding carboxylic acids is 1. The fourth-order valence-electron chi connectivity index (χ4n) is 3.82. The van der Waals surface area contributed by atoms with Gasteiger partial charge in [-0.2, -0.15) is 0 Å². The second-order valence-electron chi connectivity index (χ2n) is 7.50. The van der Waals surface area contributed by atoms with Crippen molar-refractivity contribution < 1.29 is 9.18 Å². The predicted octanol–water partition coefficient (Wildman–Crippen LogP) is 5.93. The van der Waals surface area contributed by atoms with Gasteiger partial charge in [-0.3, -0.25) is 9.69 Å². The van der Waals surface area contributed by atoms with E-state index in [0.29, 0.717) is 23.6 Å². The third kappa shape index (κ3) is 5.26. The van der Waals surface area contributed by atoms with Crippen LogP contribution in [0.2, 0.25) is 0 Å². The van der Waals surface area contributed by atoms with Crippen LogP contribution in [0.15, 0.2) is 60.7 Å². The van der Waals surface area contributed by atoms with Crippen molar-refractivity contribution in [1.29, 1.82) is 0 Å². The highest BCUT2D eigenvalue weighted by Crippen LogP contribution is 2.30. The van der Waals surface area contributed by atoms with Gasteiger partial charge in [-0.15, -0.1) is 12.4 Å². The van der Waals surface area contributed by atoms with Crippen LogP contribution in [-0.2, 0) is 11.2 Å². The molecule has 3 aromatic carbocycles. The van der Waals surface area contributed by atoms with E-state index in [1.54, 1.807) is 11.0 Å². The molecule has 0 spiro atoms. The number of likely N-dealkylation sites (N-methyl/N-ethyl adjacent to an activating group) is 1. The van der Waals surface area contributed by atoms with E-state index in [0.717, 1.165) is 40.7 Å². The van der Waals surface area contributed by atoms with Gasteiger partial charge in [-0.05, 0) is 47.6 Å². The number of anilines is 1. The molecule has 32 heavy (non-hydrogen) atoms. The standard InChI is InChI=1S/C25H26FN3OS.ClH/c1-3-28(4-2)14-15-29(25-27-22-13-12-20(26)17-23(22)31-25)24(30)16-19-10-7-9-18-8-5-6-11-21(18)19;/h5-13,17H,3-4,14-16H2,1-2H3;1H. The van der Waals surface area contributed by atoms with E-state index in [9.17, 15) is 9.18 Å². The first-order valence-corrected chi connectivity index (χ1v) is 11.5. The quantitative estimate of drug-likeness (QED) is 0.319. The van der Waals surface area contributed by atoms with Gasteiger partial charge in [0.25, 0.3) is 0 Å². The van der Waals surface area contributed by atoms with Crippen LogP contribution in [0.1, 0.15) is 19.4 Å². The molecule has 4 aromatic rings. The molecular weight excluding hydrogens is 445 g/mol. The molecule has 1 heterocycles. The number of thiazole rings is 1. The summed E-state index contributed by atoms with van der Waals surface area (Å²) in [6.07, 6.45) is 0.296. The second-order valence-corrected chi connectivity index (χ2v) is 8.50. The molecule has 4 rings (SSSR count). The molecule has 0 atom stereocenters. The lowest BCUT2D eigenvalue weighted by Gasteiger charge is -2.25. The van der Waals surface area contributed by atoms with Gasteiger partial charge in [0.2, 0.25) is 5.91 Å². The van der Waals surface area contributed by atoms with E-state index >= 15 is 0 Å². The van der Waals surface area contributed by atoms with Crippen LogP contribution < -0.4 is 4.90 Å². The monoisotopic (exact) mass is 471 g/mol. The summed E-state index contributed by atoms with van der Waals surface area (Å²) in [6, 6.07) is 18.7. The van der Waals surface area contributed by atoms with Crippen LogP contribution in [-0.4, -0.2) is 42.0 Å². The second kappa shape index (κ2) is 10.9. The molecule has 0 unspecified atom stereocenters. The number of amides is 1. The summed E-state index contributed by atoms with van der Waals surface area (Å²) in [5, 5.41) is 2.84. The van der Waals surface area contributed by atoms with Crippen LogP contribution in [0.5, 0.6) is 0 Å². The predicted molar refractivity (Wildman–Crippen MR) is 135 cm³/mol. The van der Waals surface area contributed by atoms with Crippen molar-refractivity contribution >= 4 is 55.8 Å². The van der Waals surface area contributed by atoms with Gasteiger partial charge in [0.15, 0.2) is 5.13 Å². The number of aromatic nitrogens is 1. The number of fused-ring (bicyclic) bond motifs is 2. The molecule has 0 N–H and O–H groups in total. The van der Waals surface area contributed by atoms with Gasteiger partial charge in [0, 0.05) is 13.1 Å². The summed E-state index contributed by atoms with van der Waals surface area (Å²) < 4.78 is 14.4. The zero-order valence-corrected chi connectivity index (χ0v) is 19.9. The SMILES string of the molecule is CCN(CC)CCN(C(=O)Cc1cccc2ccccc12)c1nc2ccc(F)cc2s1.Cl. The smallest absolute Gasteiger partial charge is 0.233 e. The van der Waals surface area contributed by atoms with Gasteiger partial charge in [-0.25, -0.2) is 9.37 Å². The minimum Gasteiger partial charge on any atom is -0.302 e. The number of benzene rings is 3. The summed E-state index contributed by atoms with van der Waals surface area (Å²) in [5.74, 6) is -0.289. The summed E-state index contributed by atoms with van der Waals surface area (Å²) >= 11 is 1.36. The third-order valence-corrected chi connectivity index (χ3v) is 6.67. The Morgan fingerprint density at radius 3 is 2.53 bits per heavy atom. The lowest BCUT2D eigenvalue weighted by molar-refractivity contribution is -0.118. The molecule has 0 aliphatic heterocycles. The van der Waals surface area contributed by atoms with Crippen molar-refractivity contribution in [1.82, 2.24) is 9.88 Å². The highest BCUT2D eigenvalue weighted by atomic mass is 35.5. The maximum atomic E-state index is 13.7. The average molecular weight is 472 g/mol. The fraction of sp³-hybridized carbons (Fsp3) is 0.280. The number of hydrogen-bond donors (Lipinski definition) is 0. The minimum atomic E-state index is -0.292. The van der Waals surface area contributed by atoms with E-state index < -0.39 is 0 Å². The molecule has 1 aromatic heterocycles. The average Bonchev–Trinajstić information content (AvgIpc) is 3.19. The molecule has 0 aliphatic rings. The van der Waals surface area contributed by atoms with Crippen molar-refractivity contribution in [3.05, 3.63) is 72.0 Å². The molecule has 168 valence electrons. The molecule has 0 fully saturated rings. The number of carbonyl (C=O) groups is 1. The zero-order chi connectivity index (χ0) is 21.8. The lowest BCUT2D eigenvalue weighted by Crippen LogP contribution is -2.39. The largest absolute Gasteiger partial charge is 0.302 e. The van der Waals surface area contributed by atoms with Crippen LogP contribution in [0, 0.1) is 5.82 Å². The molecular formula is C25H27ClFN3OS. The Hall–Kier alpha value is -2.54. The Balaban J connectivity index is 0.00000289. The first kappa shape index (κ1) is 24.1. The van der Waals surface area contributed by atoms with Crippen molar-refractivity contribution in [3.63, 3.8) is 0 Å². The van der Waals surface area contributed by atoms with Crippen LogP contribution >= 0.6 is 23.7 Å². The van der Waals surface area contributed by atoms with E-state index in [2.05, 4.69) is 41.9 Å². The number of rotatable bonds is 8. The Morgan fingerprint density at radius 2 is 1.75 bits per heavy atom. The molecule has 4 nitrogen and oxygen atoms in total. The Labute approximate surface area is 198 Å². The van der Waals surface area contributed by atoms with E-state index in [1.165, 1.54) is 23.5 Å². The molecule has 0 saturated carbocycles. The molecule has 0 saturated heterocycles. The van der Waals surface area contributed by atoms with Gasteiger partial charge in [-0.1, -0.05) is 67.6 Å². The number of nitrogens with zero attached hydrogens (tertiary/aromatic N) is 3. The van der Waals surface area contributed by atoms with E-state index in [4.69, 9.17) is 0 Å². The van der Waals surface area contributed by atoms with Crippen molar-refractivity contribution in [2.45, 2.75) is 20.3 Å². The maximum Gasteiger partial charge on any atom is 0.233 e. The summed E-state index contributed by atoms with van der Waals surface area (Å²) in [6.45, 7) is 7.39. The summed E-state index contributed by atoms with van der Waals surface area (Å²) in [4.78, 5) is 22.2. The van der Waals surface area contributed by atoms with Crippen LogP contribution in [0.4, 0.5) is 9.52 Å². The summed E-state index contributed by atoms with van der Waals surface area (Å²) in [7, 11) is 0. The molecule has 7 heteroatoms. The maximum absolute atomic E-state index is 13.7. The Bertz CT molecular complexity index is 1200. The molecule has 1 amide bonds. The molecule has 0 aliphatic carbocycles. The Morgan fingerprint density at radius 1 is 1.00 bits per heavy atom. The van der Waals surface area contributed by atoms with Crippen molar-refractivity contribution in [2.24, 2.45) is 0 Å². The lowest BCUT2D eigenvalue weighted by atomic mass is 10.0. The molecule has 0 bridgehead atoms. The zero-order valence-electron chi connectivity index (χ0n) is 18.3. The van der Waals surface area contributed by atoms with Crippen molar-refractivity contribution in [2.75, 3.05) is 31.1 Å². The molecule has 0 radical (unpaired) electrons. The highest BCUT2D eigenvalue weighted by molar-refractivity contribution is 7.22. The van der Waals surface area contributed by atoms with Crippen LogP contribution in [0.25, 0.3) is 21.0 Å².